The third-order valence-electron chi connectivity index (χ3n) is 7.50. The van der Waals surface area contributed by atoms with E-state index in [0.717, 1.165) is 43.9 Å². The molecule has 1 heterocycles. The van der Waals surface area contributed by atoms with Gasteiger partial charge in [-0.25, -0.2) is 4.79 Å². The SMILES string of the molecule is O=C(Nc1ccccc1Cl)N1CCN(CC23CC4CC(CC(C4)C2)C3)CC1. The summed E-state index contributed by atoms with van der Waals surface area (Å²) in [7, 11) is 0. The highest BCUT2D eigenvalue weighted by molar-refractivity contribution is 6.33. The van der Waals surface area contributed by atoms with E-state index in [2.05, 4.69) is 10.2 Å². The van der Waals surface area contributed by atoms with Crippen LogP contribution in [0.1, 0.15) is 38.5 Å². The number of nitrogens with zero attached hydrogens (tertiary/aromatic N) is 2. The van der Waals surface area contributed by atoms with Crippen LogP contribution in [0.5, 0.6) is 0 Å². The molecule has 5 heteroatoms. The summed E-state index contributed by atoms with van der Waals surface area (Å²) in [6.45, 7) is 4.87. The van der Waals surface area contributed by atoms with Gasteiger partial charge in [0.1, 0.15) is 0 Å². The summed E-state index contributed by atoms with van der Waals surface area (Å²) in [4.78, 5) is 17.1. The van der Waals surface area contributed by atoms with Gasteiger partial charge in [-0.15, -0.1) is 0 Å². The number of nitrogens with one attached hydrogen (secondary N) is 1. The van der Waals surface area contributed by atoms with Crippen molar-refractivity contribution in [2.24, 2.45) is 23.2 Å². The van der Waals surface area contributed by atoms with Crippen molar-refractivity contribution < 1.29 is 4.79 Å². The van der Waals surface area contributed by atoms with Crippen LogP contribution in [0.4, 0.5) is 10.5 Å². The predicted molar refractivity (Wildman–Crippen MR) is 109 cm³/mol. The van der Waals surface area contributed by atoms with Crippen LogP contribution in [0.25, 0.3) is 0 Å². The van der Waals surface area contributed by atoms with Crippen molar-refractivity contribution in [2.45, 2.75) is 38.5 Å². The lowest BCUT2D eigenvalue weighted by Crippen LogP contribution is -2.56. The number of carbonyl (C=O) groups excluding carboxylic acids is 1. The molecule has 1 aromatic carbocycles. The van der Waals surface area contributed by atoms with Gasteiger partial charge in [0.25, 0.3) is 0 Å². The van der Waals surface area contributed by atoms with Gasteiger partial charge in [0.2, 0.25) is 0 Å². The van der Waals surface area contributed by atoms with E-state index in [0.29, 0.717) is 16.1 Å². The first-order valence-electron chi connectivity index (χ1n) is 10.6. The van der Waals surface area contributed by atoms with E-state index in [1.807, 2.05) is 23.1 Å². The molecule has 1 saturated heterocycles. The Morgan fingerprint density at radius 1 is 1.00 bits per heavy atom. The number of hydrogen-bond acceptors (Lipinski definition) is 2. The quantitative estimate of drug-likeness (QED) is 0.815. The number of rotatable bonds is 3. The molecular weight excluding hydrogens is 358 g/mol. The topological polar surface area (TPSA) is 35.6 Å². The largest absolute Gasteiger partial charge is 0.322 e. The molecule has 5 aliphatic rings. The second kappa shape index (κ2) is 6.97. The molecule has 4 bridgehead atoms. The first kappa shape index (κ1) is 17.8. The van der Waals surface area contributed by atoms with Crippen molar-refractivity contribution in [3.63, 3.8) is 0 Å². The number of anilines is 1. The highest BCUT2D eigenvalue weighted by Crippen LogP contribution is 2.60. The van der Waals surface area contributed by atoms with Crippen LogP contribution in [-0.2, 0) is 0 Å². The number of amides is 2. The Balaban J connectivity index is 1.15. The molecule has 146 valence electrons. The van der Waals surface area contributed by atoms with Crippen LogP contribution in [-0.4, -0.2) is 48.6 Å². The third kappa shape index (κ3) is 3.58. The Morgan fingerprint density at radius 2 is 1.59 bits per heavy atom. The summed E-state index contributed by atoms with van der Waals surface area (Å²) in [6.07, 6.45) is 8.92. The summed E-state index contributed by atoms with van der Waals surface area (Å²) in [6, 6.07) is 7.40. The lowest BCUT2D eigenvalue weighted by Gasteiger charge is -2.58. The van der Waals surface area contributed by atoms with E-state index in [1.165, 1.54) is 45.1 Å². The van der Waals surface area contributed by atoms with Crippen molar-refractivity contribution in [3.8, 4) is 0 Å². The number of piperazine rings is 1. The number of para-hydroxylation sites is 1. The smallest absolute Gasteiger partial charge is 0.321 e. The zero-order valence-corrected chi connectivity index (χ0v) is 16.8. The monoisotopic (exact) mass is 387 g/mol. The number of benzene rings is 1. The molecule has 1 N–H and O–H groups in total. The Morgan fingerprint density at radius 3 is 2.19 bits per heavy atom. The molecule has 0 aromatic heterocycles. The maximum Gasteiger partial charge on any atom is 0.321 e. The van der Waals surface area contributed by atoms with Gasteiger partial charge >= 0.3 is 6.03 Å². The van der Waals surface area contributed by atoms with Gasteiger partial charge in [0.05, 0.1) is 10.7 Å². The van der Waals surface area contributed by atoms with Gasteiger partial charge in [-0.05, 0) is 73.8 Å². The summed E-state index contributed by atoms with van der Waals surface area (Å²) < 4.78 is 0. The molecule has 4 nitrogen and oxygen atoms in total. The van der Waals surface area contributed by atoms with Crippen LogP contribution >= 0.6 is 11.6 Å². The summed E-state index contributed by atoms with van der Waals surface area (Å²) in [5, 5.41) is 3.55. The van der Waals surface area contributed by atoms with E-state index >= 15 is 0 Å². The minimum absolute atomic E-state index is 0.0300. The van der Waals surface area contributed by atoms with Crippen LogP contribution in [0.15, 0.2) is 24.3 Å². The second-order valence-corrected chi connectivity index (χ2v) is 10.00. The second-order valence-electron chi connectivity index (χ2n) is 9.59. The van der Waals surface area contributed by atoms with Crippen LogP contribution in [0.3, 0.4) is 0 Å². The Labute approximate surface area is 167 Å². The fourth-order valence-electron chi connectivity index (χ4n) is 6.82. The minimum atomic E-state index is -0.0300. The molecule has 5 fully saturated rings. The number of halogens is 1. The minimum Gasteiger partial charge on any atom is -0.322 e. The van der Waals surface area contributed by atoms with Crippen LogP contribution in [0.2, 0.25) is 5.02 Å². The van der Waals surface area contributed by atoms with Gasteiger partial charge in [-0.1, -0.05) is 23.7 Å². The summed E-state index contributed by atoms with van der Waals surface area (Å²) in [5.41, 5.74) is 1.29. The van der Waals surface area contributed by atoms with Crippen molar-refractivity contribution in [2.75, 3.05) is 38.0 Å². The normalized spacial score (nSPS) is 35.4. The molecule has 0 unspecified atom stereocenters. The van der Waals surface area contributed by atoms with Crippen molar-refractivity contribution in [3.05, 3.63) is 29.3 Å². The highest BCUT2D eigenvalue weighted by Gasteiger charge is 2.51. The Bertz CT molecular complexity index is 678. The van der Waals surface area contributed by atoms with E-state index in [-0.39, 0.29) is 6.03 Å². The Kier molecular flexibility index (Phi) is 4.60. The van der Waals surface area contributed by atoms with Gasteiger partial charge < -0.3 is 10.2 Å². The zero-order chi connectivity index (χ0) is 18.4. The number of carbonyl (C=O) groups is 1. The van der Waals surface area contributed by atoms with E-state index in [4.69, 9.17) is 11.6 Å². The molecule has 4 aliphatic carbocycles. The lowest BCUT2D eigenvalue weighted by molar-refractivity contribution is -0.0723. The number of urea groups is 1. The molecule has 6 rings (SSSR count). The predicted octanol–water partition coefficient (Wildman–Crippen LogP) is 4.71. The van der Waals surface area contributed by atoms with E-state index in [1.54, 1.807) is 6.07 Å². The lowest BCUT2D eigenvalue weighted by atomic mass is 9.49. The van der Waals surface area contributed by atoms with Gasteiger partial charge in [0.15, 0.2) is 0 Å². The fraction of sp³-hybridized carbons (Fsp3) is 0.682. The van der Waals surface area contributed by atoms with E-state index in [9.17, 15) is 4.79 Å². The standard InChI is InChI=1S/C22H30ClN3O/c23-19-3-1-2-4-20(19)24-21(27)26-7-5-25(6-8-26)15-22-12-16-9-17(13-22)11-18(10-16)14-22/h1-4,16-18H,5-15H2,(H,24,27). The maximum absolute atomic E-state index is 12.6. The van der Waals surface area contributed by atoms with Crippen molar-refractivity contribution >= 4 is 23.3 Å². The Hall–Kier alpha value is -1.26. The van der Waals surface area contributed by atoms with Gasteiger partial charge in [-0.3, -0.25) is 4.90 Å². The molecular formula is C22H30ClN3O. The third-order valence-corrected chi connectivity index (χ3v) is 7.83. The average molecular weight is 388 g/mol. The summed E-state index contributed by atoms with van der Waals surface area (Å²) >= 11 is 6.16. The molecule has 0 spiro atoms. The van der Waals surface area contributed by atoms with Gasteiger partial charge in [-0.2, -0.15) is 0 Å². The molecule has 4 saturated carbocycles. The zero-order valence-electron chi connectivity index (χ0n) is 16.0. The van der Waals surface area contributed by atoms with Crippen molar-refractivity contribution in [1.82, 2.24) is 9.80 Å². The van der Waals surface area contributed by atoms with Crippen molar-refractivity contribution in [1.29, 1.82) is 0 Å². The maximum atomic E-state index is 12.6. The molecule has 2 amide bonds. The molecule has 0 radical (unpaired) electrons. The first-order valence-corrected chi connectivity index (χ1v) is 11.0. The molecule has 0 atom stereocenters. The molecule has 1 aliphatic heterocycles. The first-order chi connectivity index (χ1) is 13.1. The molecule has 1 aromatic rings. The van der Waals surface area contributed by atoms with Crippen LogP contribution < -0.4 is 5.32 Å². The highest BCUT2D eigenvalue weighted by atomic mass is 35.5. The van der Waals surface area contributed by atoms with Gasteiger partial charge in [0, 0.05) is 32.7 Å². The number of hydrogen-bond donors (Lipinski definition) is 1. The summed E-state index contributed by atoms with van der Waals surface area (Å²) in [5.74, 6) is 3.04. The average Bonchev–Trinajstić information content (AvgIpc) is 2.63. The molecule has 27 heavy (non-hydrogen) atoms. The van der Waals surface area contributed by atoms with Crippen LogP contribution in [0, 0.1) is 23.2 Å². The fourth-order valence-corrected chi connectivity index (χ4v) is 7.01. The van der Waals surface area contributed by atoms with E-state index < -0.39 is 0 Å².